The summed E-state index contributed by atoms with van der Waals surface area (Å²) in [7, 11) is 0. The number of pyridine rings is 2. The molecule has 0 atom stereocenters. The van der Waals surface area contributed by atoms with Gasteiger partial charge in [-0.1, -0.05) is 17.7 Å². The highest BCUT2D eigenvalue weighted by Gasteiger charge is 2.28. The third kappa shape index (κ3) is 3.35. The van der Waals surface area contributed by atoms with Crippen LogP contribution in [-0.2, 0) is 12.8 Å². The van der Waals surface area contributed by atoms with E-state index in [-0.39, 0.29) is 5.91 Å². The first kappa shape index (κ1) is 18.1. The molecule has 1 fully saturated rings. The average molecular weight is 386 g/mol. The van der Waals surface area contributed by atoms with Crippen molar-refractivity contribution >= 4 is 22.6 Å². The molecule has 0 spiro atoms. The second kappa shape index (κ2) is 7.47. The summed E-state index contributed by atoms with van der Waals surface area (Å²) in [6, 6.07) is 12.3. The molecule has 1 aliphatic heterocycles. The summed E-state index contributed by atoms with van der Waals surface area (Å²) in [6.45, 7) is 5.15. The summed E-state index contributed by atoms with van der Waals surface area (Å²) in [5.41, 5.74) is 5.34. The van der Waals surface area contributed by atoms with Crippen LogP contribution in [-0.4, -0.2) is 47.0 Å². The molecule has 0 radical (unpaired) electrons. The maximum Gasteiger partial charge on any atom is 0.255 e. The summed E-state index contributed by atoms with van der Waals surface area (Å²) < 4.78 is 0. The van der Waals surface area contributed by atoms with E-state index in [1.807, 2.05) is 29.3 Å². The van der Waals surface area contributed by atoms with Crippen molar-refractivity contribution in [3.8, 4) is 0 Å². The molecule has 29 heavy (non-hydrogen) atoms. The minimum Gasteiger partial charge on any atom is -0.353 e. The third-order valence-electron chi connectivity index (χ3n) is 6.17. The molecule has 1 saturated heterocycles. The SMILES string of the molecule is Cc1ccc2nc3c(c(C(=O)N4CCN(c5ccccn5)CC4)c2c1)CCCC3. The van der Waals surface area contributed by atoms with Gasteiger partial charge in [-0.15, -0.1) is 0 Å². The zero-order valence-electron chi connectivity index (χ0n) is 16.9. The number of nitrogens with zero attached hydrogens (tertiary/aromatic N) is 4. The van der Waals surface area contributed by atoms with Crippen molar-refractivity contribution in [3.63, 3.8) is 0 Å². The number of hydrogen-bond donors (Lipinski definition) is 0. The van der Waals surface area contributed by atoms with Gasteiger partial charge in [-0.2, -0.15) is 0 Å². The number of fused-ring (bicyclic) bond motifs is 2. The quantitative estimate of drug-likeness (QED) is 0.673. The van der Waals surface area contributed by atoms with Gasteiger partial charge in [0, 0.05) is 43.5 Å². The first-order valence-corrected chi connectivity index (χ1v) is 10.6. The first-order valence-electron chi connectivity index (χ1n) is 10.6. The first-order chi connectivity index (χ1) is 14.2. The van der Waals surface area contributed by atoms with Crippen LogP contribution in [0.1, 0.15) is 40.0 Å². The number of benzene rings is 1. The summed E-state index contributed by atoms with van der Waals surface area (Å²) in [5.74, 6) is 1.16. The maximum atomic E-state index is 13.7. The highest BCUT2D eigenvalue weighted by atomic mass is 16.2. The Balaban J connectivity index is 1.47. The molecule has 1 amide bonds. The van der Waals surface area contributed by atoms with E-state index in [0.717, 1.165) is 79.8 Å². The molecule has 0 bridgehead atoms. The van der Waals surface area contributed by atoms with Crippen LogP contribution in [0.2, 0.25) is 0 Å². The van der Waals surface area contributed by atoms with Crippen molar-refractivity contribution < 1.29 is 4.79 Å². The zero-order chi connectivity index (χ0) is 19.8. The Morgan fingerprint density at radius 2 is 1.83 bits per heavy atom. The van der Waals surface area contributed by atoms with Crippen molar-refractivity contribution in [1.82, 2.24) is 14.9 Å². The summed E-state index contributed by atoms with van der Waals surface area (Å²) in [4.78, 5) is 27.3. The molecule has 148 valence electrons. The van der Waals surface area contributed by atoms with Crippen LogP contribution >= 0.6 is 0 Å². The van der Waals surface area contributed by atoms with Gasteiger partial charge in [0.1, 0.15) is 5.82 Å². The highest BCUT2D eigenvalue weighted by Crippen LogP contribution is 2.31. The molecule has 1 aromatic carbocycles. The monoisotopic (exact) mass is 386 g/mol. The fraction of sp³-hybridized carbons (Fsp3) is 0.375. The van der Waals surface area contributed by atoms with Crippen molar-refractivity contribution in [2.24, 2.45) is 0 Å². The van der Waals surface area contributed by atoms with Crippen molar-refractivity contribution in [2.75, 3.05) is 31.1 Å². The standard InChI is InChI=1S/C24H26N4O/c1-17-9-10-21-19(16-17)23(18-6-2-3-7-20(18)26-21)24(29)28-14-12-27(13-15-28)22-8-4-5-11-25-22/h4-5,8-11,16H,2-3,6-7,12-15H2,1H3. The van der Waals surface area contributed by atoms with Crippen LogP contribution in [0, 0.1) is 6.92 Å². The number of amides is 1. The number of aromatic nitrogens is 2. The van der Waals surface area contributed by atoms with E-state index in [1.165, 1.54) is 11.1 Å². The molecule has 2 aliphatic rings. The van der Waals surface area contributed by atoms with Gasteiger partial charge >= 0.3 is 0 Å². The lowest BCUT2D eigenvalue weighted by Crippen LogP contribution is -2.49. The molecule has 0 saturated carbocycles. The van der Waals surface area contributed by atoms with Gasteiger partial charge in [-0.05, 0) is 62.4 Å². The molecule has 0 N–H and O–H groups in total. The Kier molecular flexibility index (Phi) is 4.66. The van der Waals surface area contributed by atoms with E-state index >= 15 is 0 Å². The maximum absolute atomic E-state index is 13.7. The number of rotatable bonds is 2. The number of carbonyl (C=O) groups is 1. The third-order valence-corrected chi connectivity index (χ3v) is 6.17. The van der Waals surface area contributed by atoms with Crippen molar-refractivity contribution in [2.45, 2.75) is 32.6 Å². The van der Waals surface area contributed by atoms with E-state index in [2.05, 4.69) is 35.0 Å². The molecule has 0 unspecified atom stereocenters. The smallest absolute Gasteiger partial charge is 0.255 e. The molecule has 1 aliphatic carbocycles. The van der Waals surface area contributed by atoms with Crippen LogP contribution in [0.3, 0.4) is 0 Å². The summed E-state index contributed by atoms with van der Waals surface area (Å²) in [5, 5.41) is 1.02. The van der Waals surface area contributed by atoms with Crippen LogP contribution in [0.5, 0.6) is 0 Å². The average Bonchev–Trinajstić information content (AvgIpc) is 2.78. The normalized spacial score (nSPS) is 16.7. The van der Waals surface area contributed by atoms with E-state index in [1.54, 1.807) is 0 Å². The number of hydrogen-bond acceptors (Lipinski definition) is 4. The molecule has 5 heteroatoms. The molecule has 3 aromatic rings. The van der Waals surface area contributed by atoms with Crippen LogP contribution in [0.25, 0.3) is 10.9 Å². The second-order valence-corrected chi connectivity index (χ2v) is 8.11. The van der Waals surface area contributed by atoms with E-state index < -0.39 is 0 Å². The molecular weight excluding hydrogens is 360 g/mol. The molecule has 5 rings (SSSR count). The Morgan fingerprint density at radius 1 is 1.00 bits per heavy atom. The van der Waals surface area contributed by atoms with Crippen molar-refractivity contribution in [3.05, 3.63) is 65.0 Å². The van der Waals surface area contributed by atoms with Gasteiger partial charge in [0.15, 0.2) is 0 Å². The van der Waals surface area contributed by atoms with Crippen molar-refractivity contribution in [1.29, 1.82) is 0 Å². The Hall–Kier alpha value is -2.95. The second-order valence-electron chi connectivity index (χ2n) is 8.11. The van der Waals surface area contributed by atoms with Crippen LogP contribution in [0.4, 0.5) is 5.82 Å². The zero-order valence-corrected chi connectivity index (χ0v) is 16.9. The van der Waals surface area contributed by atoms with Gasteiger partial charge in [0.2, 0.25) is 0 Å². The minimum atomic E-state index is 0.168. The van der Waals surface area contributed by atoms with E-state index in [9.17, 15) is 4.79 Å². The number of aryl methyl sites for hydroxylation is 2. The predicted octanol–water partition coefficient (Wildman–Crippen LogP) is 3.78. The Morgan fingerprint density at radius 3 is 2.62 bits per heavy atom. The lowest BCUT2D eigenvalue weighted by molar-refractivity contribution is 0.0747. The van der Waals surface area contributed by atoms with Gasteiger partial charge in [0.25, 0.3) is 5.91 Å². The number of carbonyl (C=O) groups excluding carboxylic acids is 1. The van der Waals surface area contributed by atoms with Gasteiger partial charge in [-0.25, -0.2) is 4.98 Å². The number of anilines is 1. The van der Waals surface area contributed by atoms with Crippen LogP contribution < -0.4 is 4.90 Å². The summed E-state index contributed by atoms with van der Waals surface area (Å²) in [6.07, 6.45) is 6.06. The lowest BCUT2D eigenvalue weighted by Gasteiger charge is -2.36. The predicted molar refractivity (Wildman–Crippen MR) is 115 cm³/mol. The van der Waals surface area contributed by atoms with E-state index in [0.29, 0.717) is 0 Å². The molecular formula is C24H26N4O. The van der Waals surface area contributed by atoms with Gasteiger partial charge < -0.3 is 9.80 Å². The fourth-order valence-corrected chi connectivity index (χ4v) is 4.62. The Bertz CT molecular complexity index is 1060. The van der Waals surface area contributed by atoms with Crippen LogP contribution in [0.15, 0.2) is 42.6 Å². The van der Waals surface area contributed by atoms with Gasteiger partial charge in [0.05, 0.1) is 11.1 Å². The molecule has 2 aromatic heterocycles. The summed E-state index contributed by atoms with van der Waals surface area (Å²) >= 11 is 0. The highest BCUT2D eigenvalue weighted by molar-refractivity contribution is 6.08. The fourth-order valence-electron chi connectivity index (χ4n) is 4.62. The minimum absolute atomic E-state index is 0.168. The topological polar surface area (TPSA) is 49.3 Å². The van der Waals surface area contributed by atoms with Gasteiger partial charge in [-0.3, -0.25) is 9.78 Å². The number of piperazine rings is 1. The molecule has 3 heterocycles. The Labute approximate surface area is 171 Å². The van der Waals surface area contributed by atoms with E-state index in [4.69, 9.17) is 4.98 Å². The molecule has 5 nitrogen and oxygen atoms in total. The lowest BCUT2D eigenvalue weighted by atomic mass is 9.89. The largest absolute Gasteiger partial charge is 0.353 e.